The van der Waals surface area contributed by atoms with Crippen molar-refractivity contribution in [2.24, 2.45) is 4.99 Å². The number of nitrogens with one attached hydrogen (secondary N) is 2. The predicted molar refractivity (Wildman–Crippen MR) is 135 cm³/mol. The minimum Gasteiger partial charge on any atom is -0.491 e. The molecule has 0 aromatic heterocycles. The van der Waals surface area contributed by atoms with E-state index in [-0.39, 0.29) is 24.0 Å². The van der Waals surface area contributed by atoms with Gasteiger partial charge in [0.15, 0.2) is 5.96 Å². The highest BCUT2D eigenvalue weighted by Crippen LogP contribution is 2.36. The first-order valence-electron chi connectivity index (χ1n) is 10.6. The number of nitrogens with zero attached hydrogens (tertiary/aromatic N) is 1. The molecule has 3 rings (SSSR count). The molecule has 0 radical (unpaired) electrons. The van der Waals surface area contributed by atoms with Crippen molar-refractivity contribution >= 4 is 29.9 Å². The predicted octanol–water partition coefficient (Wildman–Crippen LogP) is 3.53. The molecule has 0 spiro atoms. The summed E-state index contributed by atoms with van der Waals surface area (Å²) in [4.78, 5) is 4.72. The highest BCUT2D eigenvalue weighted by atomic mass is 127. The molecule has 0 bridgehead atoms. The number of guanidine groups is 1. The van der Waals surface area contributed by atoms with E-state index in [1.54, 1.807) is 7.11 Å². The van der Waals surface area contributed by atoms with Gasteiger partial charge in [-0.05, 0) is 49.4 Å². The van der Waals surface area contributed by atoms with Crippen LogP contribution in [0.4, 0.5) is 0 Å². The van der Waals surface area contributed by atoms with Crippen molar-refractivity contribution < 1.29 is 14.6 Å². The van der Waals surface area contributed by atoms with Crippen LogP contribution in [0.1, 0.15) is 35.6 Å². The fourth-order valence-corrected chi connectivity index (χ4v) is 3.75. The van der Waals surface area contributed by atoms with Gasteiger partial charge < -0.3 is 25.2 Å². The van der Waals surface area contributed by atoms with Crippen molar-refractivity contribution in [1.29, 1.82) is 0 Å². The van der Waals surface area contributed by atoms with Crippen molar-refractivity contribution in [3.8, 4) is 5.75 Å². The third-order valence-corrected chi connectivity index (χ3v) is 5.39. The van der Waals surface area contributed by atoms with Crippen LogP contribution in [0.5, 0.6) is 5.75 Å². The van der Waals surface area contributed by atoms with Crippen molar-refractivity contribution in [2.75, 3.05) is 33.4 Å². The van der Waals surface area contributed by atoms with Crippen LogP contribution in [-0.4, -0.2) is 44.5 Å². The van der Waals surface area contributed by atoms with E-state index in [2.05, 4.69) is 22.8 Å². The highest BCUT2D eigenvalue weighted by molar-refractivity contribution is 14.0. The van der Waals surface area contributed by atoms with E-state index < -0.39 is 5.60 Å². The number of benzene rings is 2. The molecular weight excluding hydrogens is 505 g/mol. The molecule has 0 fully saturated rings. The first kappa shape index (κ1) is 25.4. The molecule has 1 aliphatic rings. The Kier molecular flexibility index (Phi) is 10.1. The van der Waals surface area contributed by atoms with E-state index in [4.69, 9.17) is 14.5 Å². The lowest BCUT2D eigenvalue weighted by Crippen LogP contribution is -2.45. The zero-order valence-corrected chi connectivity index (χ0v) is 20.9. The molecule has 7 heteroatoms. The molecule has 0 amide bonds. The van der Waals surface area contributed by atoms with Crippen LogP contribution in [0.2, 0.25) is 0 Å². The second kappa shape index (κ2) is 12.3. The van der Waals surface area contributed by atoms with Crippen molar-refractivity contribution in [2.45, 2.75) is 38.8 Å². The van der Waals surface area contributed by atoms with Gasteiger partial charge in [-0.2, -0.15) is 0 Å². The van der Waals surface area contributed by atoms with Gasteiger partial charge in [0.1, 0.15) is 18.0 Å². The van der Waals surface area contributed by atoms with Gasteiger partial charge >= 0.3 is 0 Å². The quantitative estimate of drug-likeness (QED) is 0.197. The summed E-state index contributed by atoms with van der Waals surface area (Å²) in [5, 5.41) is 17.8. The molecule has 1 atom stereocenters. The Labute approximate surface area is 202 Å². The van der Waals surface area contributed by atoms with Crippen LogP contribution in [0.15, 0.2) is 47.5 Å². The summed E-state index contributed by atoms with van der Waals surface area (Å²) >= 11 is 0. The molecule has 170 valence electrons. The number of aliphatic imine (C=N–C) groups is 1. The molecule has 0 saturated heterocycles. The Morgan fingerprint density at radius 3 is 2.74 bits per heavy atom. The van der Waals surface area contributed by atoms with E-state index in [1.165, 1.54) is 5.56 Å². The van der Waals surface area contributed by atoms with E-state index in [0.717, 1.165) is 35.4 Å². The normalized spacial score (nSPS) is 17.6. The number of hydrogen-bond donors (Lipinski definition) is 3. The summed E-state index contributed by atoms with van der Waals surface area (Å²) in [6.07, 6.45) is 1.61. The largest absolute Gasteiger partial charge is 0.491 e. The topological polar surface area (TPSA) is 75.1 Å². The summed E-state index contributed by atoms with van der Waals surface area (Å²) in [6, 6.07) is 14.3. The zero-order valence-electron chi connectivity index (χ0n) is 18.6. The summed E-state index contributed by atoms with van der Waals surface area (Å²) in [6.45, 7) is 6.76. The minimum absolute atomic E-state index is 0. The van der Waals surface area contributed by atoms with Gasteiger partial charge in [-0.15, -0.1) is 24.0 Å². The van der Waals surface area contributed by atoms with Crippen LogP contribution in [0.25, 0.3) is 0 Å². The fourth-order valence-electron chi connectivity index (χ4n) is 3.75. The van der Waals surface area contributed by atoms with Crippen LogP contribution >= 0.6 is 24.0 Å². The Morgan fingerprint density at radius 2 is 1.97 bits per heavy atom. The maximum Gasteiger partial charge on any atom is 0.191 e. The zero-order chi connectivity index (χ0) is 21.4. The second-order valence-electron chi connectivity index (χ2n) is 7.69. The molecule has 0 saturated carbocycles. The summed E-state index contributed by atoms with van der Waals surface area (Å²) in [7, 11) is 1.66. The lowest BCUT2D eigenvalue weighted by Gasteiger charge is -2.25. The number of rotatable bonds is 9. The van der Waals surface area contributed by atoms with Crippen molar-refractivity contribution in [1.82, 2.24) is 10.6 Å². The van der Waals surface area contributed by atoms with Gasteiger partial charge in [-0.25, -0.2) is 4.99 Å². The van der Waals surface area contributed by atoms with E-state index in [1.807, 2.05) is 44.2 Å². The molecule has 2 aromatic rings. The van der Waals surface area contributed by atoms with E-state index >= 15 is 0 Å². The number of hydrogen-bond acceptors (Lipinski definition) is 4. The van der Waals surface area contributed by atoms with E-state index in [0.29, 0.717) is 38.7 Å². The summed E-state index contributed by atoms with van der Waals surface area (Å²) in [5.74, 6) is 1.51. The molecule has 3 N–H and O–H groups in total. The first-order valence-corrected chi connectivity index (χ1v) is 10.6. The number of methoxy groups -OCH3 is 1. The molecule has 1 aliphatic carbocycles. The van der Waals surface area contributed by atoms with Crippen LogP contribution in [-0.2, 0) is 23.3 Å². The second-order valence-corrected chi connectivity index (χ2v) is 7.69. The van der Waals surface area contributed by atoms with Gasteiger partial charge in [0, 0.05) is 19.2 Å². The standard InChI is InChI=1S/C24H33N3O3.HI/c1-4-25-23(27-17-24(28)12-11-19-7-5-6-8-21(19)24)26-16-20-10-9-18(2)15-22(20)30-14-13-29-3;/h5-10,15,28H,4,11-14,16-17H2,1-3H3,(H2,25,26,27);1H. The molecule has 0 aliphatic heterocycles. The van der Waals surface area contributed by atoms with E-state index in [9.17, 15) is 5.11 Å². The number of aryl methyl sites for hydroxylation is 2. The number of aliphatic hydroxyl groups is 1. The Balaban J connectivity index is 0.00000341. The molecular formula is C24H34IN3O3. The summed E-state index contributed by atoms with van der Waals surface area (Å²) in [5.41, 5.74) is 3.52. The first-order chi connectivity index (χ1) is 14.6. The molecule has 1 unspecified atom stereocenters. The lowest BCUT2D eigenvalue weighted by molar-refractivity contribution is 0.0432. The SMILES string of the molecule is CCNC(=NCc1ccc(C)cc1OCCOC)NCC1(O)CCc2ccccc21.I. The Bertz CT molecular complexity index is 875. The fraction of sp³-hybridized carbons (Fsp3) is 0.458. The van der Waals surface area contributed by atoms with Gasteiger partial charge in [-0.3, -0.25) is 0 Å². The van der Waals surface area contributed by atoms with Gasteiger partial charge in [-0.1, -0.05) is 36.4 Å². The Hall–Kier alpha value is -1.84. The average Bonchev–Trinajstić information content (AvgIpc) is 3.09. The van der Waals surface area contributed by atoms with Crippen LogP contribution in [0.3, 0.4) is 0 Å². The molecule has 31 heavy (non-hydrogen) atoms. The average molecular weight is 539 g/mol. The Morgan fingerprint density at radius 1 is 1.16 bits per heavy atom. The van der Waals surface area contributed by atoms with Gasteiger partial charge in [0.05, 0.1) is 19.7 Å². The lowest BCUT2D eigenvalue weighted by atomic mass is 9.96. The van der Waals surface area contributed by atoms with Crippen LogP contribution in [0, 0.1) is 6.92 Å². The summed E-state index contributed by atoms with van der Waals surface area (Å²) < 4.78 is 11.0. The highest BCUT2D eigenvalue weighted by Gasteiger charge is 2.36. The maximum atomic E-state index is 11.2. The monoisotopic (exact) mass is 539 g/mol. The van der Waals surface area contributed by atoms with Crippen molar-refractivity contribution in [3.05, 3.63) is 64.7 Å². The van der Waals surface area contributed by atoms with Gasteiger partial charge in [0.25, 0.3) is 0 Å². The number of ether oxygens (including phenoxy) is 2. The smallest absolute Gasteiger partial charge is 0.191 e. The molecule has 2 aromatic carbocycles. The van der Waals surface area contributed by atoms with Crippen molar-refractivity contribution in [3.63, 3.8) is 0 Å². The molecule has 6 nitrogen and oxygen atoms in total. The van der Waals surface area contributed by atoms with Crippen LogP contribution < -0.4 is 15.4 Å². The number of fused-ring (bicyclic) bond motifs is 1. The maximum absolute atomic E-state index is 11.2. The third-order valence-electron chi connectivity index (χ3n) is 5.39. The minimum atomic E-state index is -0.870. The molecule has 0 heterocycles. The number of halogens is 1. The van der Waals surface area contributed by atoms with Gasteiger partial charge in [0.2, 0.25) is 0 Å². The third kappa shape index (κ3) is 6.82.